The Morgan fingerprint density at radius 2 is 2.06 bits per heavy atom. The Balaban J connectivity index is 2.63. The largest absolute Gasteiger partial charge is 0.443 e. The van der Waals surface area contributed by atoms with E-state index >= 15 is 0 Å². The van der Waals surface area contributed by atoms with Crippen LogP contribution in [0, 0.1) is 0 Å². The Kier molecular flexibility index (Phi) is 3.96. The standard InChI is InChI=1S/C6H12N2O7S2/c1-14-17(12,13)8(7)6(9)15-5-2-3-16(10,11)4-5/h5H,2-4,7H2,1H3. The van der Waals surface area contributed by atoms with Gasteiger partial charge in [-0.05, 0) is 6.42 Å². The van der Waals surface area contributed by atoms with Gasteiger partial charge < -0.3 is 4.74 Å². The molecule has 11 heteroatoms. The molecule has 9 nitrogen and oxygen atoms in total. The van der Waals surface area contributed by atoms with E-state index in [-0.39, 0.29) is 22.3 Å². The molecule has 0 bridgehead atoms. The van der Waals surface area contributed by atoms with Crippen molar-refractivity contribution in [2.75, 3.05) is 18.6 Å². The number of ether oxygens (including phenoxy) is 1. The van der Waals surface area contributed by atoms with E-state index in [0.29, 0.717) is 0 Å². The maximum Gasteiger partial charge on any atom is 0.440 e. The Morgan fingerprint density at radius 1 is 1.47 bits per heavy atom. The molecule has 1 amide bonds. The molecule has 100 valence electrons. The lowest BCUT2D eigenvalue weighted by molar-refractivity contribution is 0.0893. The third-order valence-electron chi connectivity index (χ3n) is 2.09. The van der Waals surface area contributed by atoms with Gasteiger partial charge in [-0.1, -0.05) is 0 Å². The van der Waals surface area contributed by atoms with Crippen LogP contribution in [0.3, 0.4) is 0 Å². The Bertz CT molecular complexity index is 496. The van der Waals surface area contributed by atoms with Crippen molar-refractivity contribution in [3.63, 3.8) is 0 Å². The summed E-state index contributed by atoms with van der Waals surface area (Å²) in [6.45, 7) is 0. The predicted octanol–water partition coefficient (Wildman–Crippen LogP) is -1.62. The Morgan fingerprint density at radius 3 is 2.47 bits per heavy atom. The number of amides is 1. The van der Waals surface area contributed by atoms with Crippen molar-refractivity contribution in [1.29, 1.82) is 0 Å². The highest BCUT2D eigenvalue weighted by Gasteiger charge is 2.34. The molecular weight excluding hydrogens is 276 g/mol. The van der Waals surface area contributed by atoms with Gasteiger partial charge in [0, 0.05) is 0 Å². The van der Waals surface area contributed by atoms with Gasteiger partial charge in [-0.15, -0.1) is 4.41 Å². The van der Waals surface area contributed by atoms with Gasteiger partial charge in [-0.3, -0.25) is 4.18 Å². The van der Waals surface area contributed by atoms with Crippen LogP contribution in [0.1, 0.15) is 6.42 Å². The van der Waals surface area contributed by atoms with E-state index in [1.807, 2.05) is 0 Å². The van der Waals surface area contributed by atoms with E-state index in [1.54, 1.807) is 0 Å². The molecule has 1 saturated heterocycles. The summed E-state index contributed by atoms with van der Waals surface area (Å²) in [5.74, 6) is 4.51. The summed E-state index contributed by atoms with van der Waals surface area (Å²) >= 11 is 0. The molecule has 1 fully saturated rings. The van der Waals surface area contributed by atoms with Crippen LogP contribution in [-0.2, 0) is 29.1 Å². The molecule has 1 aliphatic heterocycles. The smallest absolute Gasteiger partial charge is 0.440 e. The predicted molar refractivity (Wildman–Crippen MR) is 55.5 cm³/mol. The highest BCUT2D eigenvalue weighted by Crippen LogP contribution is 2.16. The van der Waals surface area contributed by atoms with E-state index in [1.165, 1.54) is 0 Å². The number of hydrazine groups is 1. The molecule has 0 aromatic heterocycles. The number of carbonyl (C=O) groups excluding carboxylic acids is 1. The Hall–Kier alpha value is -0.910. The number of nitrogens with two attached hydrogens (primary N) is 1. The molecule has 1 heterocycles. The minimum atomic E-state index is -4.38. The molecule has 17 heavy (non-hydrogen) atoms. The third kappa shape index (κ3) is 3.52. The van der Waals surface area contributed by atoms with Crippen LogP contribution in [0.5, 0.6) is 0 Å². The first-order valence-corrected chi connectivity index (χ1v) is 7.63. The molecule has 1 rings (SSSR count). The van der Waals surface area contributed by atoms with Crippen LogP contribution in [0.25, 0.3) is 0 Å². The summed E-state index contributed by atoms with van der Waals surface area (Å²) in [6, 6.07) is 0. The maximum atomic E-state index is 11.2. The van der Waals surface area contributed by atoms with E-state index in [4.69, 9.17) is 5.84 Å². The molecular formula is C6H12N2O7S2. The highest BCUT2D eigenvalue weighted by atomic mass is 32.2. The second kappa shape index (κ2) is 4.76. The van der Waals surface area contributed by atoms with Gasteiger partial charge in [0.1, 0.15) is 6.10 Å². The zero-order valence-electron chi connectivity index (χ0n) is 8.90. The first kappa shape index (κ1) is 14.2. The molecule has 1 unspecified atom stereocenters. The lowest BCUT2D eigenvalue weighted by Crippen LogP contribution is -2.44. The van der Waals surface area contributed by atoms with E-state index < -0.39 is 32.3 Å². The van der Waals surface area contributed by atoms with E-state index in [9.17, 15) is 21.6 Å². The minimum absolute atomic E-state index is 0.105. The summed E-state index contributed by atoms with van der Waals surface area (Å²) < 4.78 is 52.5. The average Bonchev–Trinajstić information content (AvgIpc) is 2.56. The van der Waals surface area contributed by atoms with Crippen molar-refractivity contribution < 1.29 is 30.6 Å². The first-order chi connectivity index (χ1) is 7.68. The van der Waals surface area contributed by atoms with E-state index in [2.05, 4.69) is 8.92 Å². The van der Waals surface area contributed by atoms with Crippen molar-refractivity contribution in [3.05, 3.63) is 0 Å². The summed E-state index contributed by atoms with van der Waals surface area (Å²) in [4.78, 5) is 11.2. The molecule has 0 saturated carbocycles. The molecule has 0 aromatic rings. The fourth-order valence-electron chi connectivity index (χ4n) is 1.22. The monoisotopic (exact) mass is 288 g/mol. The highest BCUT2D eigenvalue weighted by molar-refractivity contribution is 7.91. The fourth-order valence-corrected chi connectivity index (χ4v) is 3.20. The molecule has 0 spiro atoms. The molecule has 2 N–H and O–H groups in total. The Labute approximate surface area is 98.6 Å². The van der Waals surface area contributed by atoms with Crippen LogP contribution >= 0.6 is 0 Å². The zero-order valence-corrected chi connectivity index (χ0v) is 10.5. The van der Waals surface area contributed by atoms with Crippen molar-refractivity contribution in [1.82, 2.24) is 4.41 Å². The van der Waals surface area contributed by atoms with Gasteiger partial charge in [0.05, 0.1) is 18.6 Å². The molecule has 0 aliphatic carbocycles. The van der Waals surface area contributed by atoms with Crippen LogP contribution in [0.15, 0.2) is 0 Å². The number of hydrogen-bond donors (Lipinski definition) is 1. The van der Waals surface area contributed by atoms with Gasteiger partial charge >= 0.3 is 16.4 Å². The summed E-state index contributed by atoms with van der Waals surface area (Å²) in [5, 5.41) is 0. The second-order valence-corrected chi connectivity index (χ2v) is 7.14. The van der Waals surface area contributed by atoms with Gasteiger partial charge in [0.2, 0.25) is 0 Å². The molecule has 0 aromatic carbocycles. The summed E-state index contributed by atoms with van der Waals surface area (Å²) in [6.07, 6.45) is -2.14. The average molecular weight is 288 g/mol. The number of carbonyl (C=O) groups is 1. The topological polar surface area (TPSA) is 133 Å². The zero-order chi connectivity index (χ0) is 13.3. The summed E-state index contributed by atoms with van der Waals surface area (Å²) in [5.41, 5.74) is 0. The number of sulfone groups is 1. The van der Waals surface area contributed by atoms with Gasteiger partial charge in [-0.2, -0.15) is 8.42 Å². The van der Waals surface area contributed by atoms with Gasteiger partial charge in [-0.25, -0.2) is 19.1 Å². The molecule has 1 aliphatic rings. The second-order valence-electron chi connectivity index (χ2n) is 3.33. The van der Waals surface area contributed by atoms with Crippen LogP contribution in [-0.4, -0.2) is 52.1 Å². The number of hydrogen-bond acceptors (Lipinski definition) is 8. The van der Waals surface area contributed by atoms with E-state index in [0.717, 1.165) is 7.11 Å². The van der Waals surface area contributed by atoms with Crippen LogP contribution < -0.4 is 5.84 Å². The van der Waals surface area contributed by atoms with Gasteiger partial charge in [0.15, 0.2) is 9.84 Å². The van der Waals surface area contributed by atoms with Crippen molar-refractivity contribution >= 4 is 26.2 Å². The first-order valence-electron chi connectivity index (χ1n) is 4.44. The normalized spacial score (nSPS) is 23.3. The number of nitrogens with zero attached hydrogens (tertiary/aromatic N) is 1. The third-order valence-corrected chi connectivity index (χ3v) is 4.88. The minimum Gasteiger partial charge on any atom is -0.443 e. The molecule has 0 radical (unpaired) electrons. The summed E-state index contributed by atoms with van der Waals surface area (Å²) in [7, 11) is -6.78. The van der Waals surface area contributed by atoms with Gasteiger partial charge in [0.25, 0.3) is 0 Å². The SMILES string of the molecule is COS(=O)(=O)N(N)C(=O)OC1CCS(=O)(=O)C1. The number of rotatable bonds is 3. The van der Waals surface area contributed by atoms with Crippen molar-refractivity contribution in [2.45, 2.75) is 12.5 Å². The maximum absolute atomic E-state index is 11.2. The quantitative estimate of drug-likeness (QED) is 0.372. The molecule has 1 atom stereocenters. The van der Waals surface area contributed by atoms with Crippen molar-refractivity contribution in [2.24, 2.45) is 5.84 Å². The van der Waals surface area contributed by atoms with Crippen molar-refractivity contribution in [3.8, 4) is 0 Å². The lowest BCUT2D eigenvalue weighted by Gasteiger charge is -2.17. The fraction of sp³-hybridized carbons (Fsp3) is 0.833. The van der Waals surface area contributed by atoms with Crippen LogP contribution in [0.2, 0.25) is 0 Å². The van der Waals surface area contributed by atoms with Crippen LogP contribution in [0.4, 0.5) is 4.79 Å². The lowest BCUT2D eigenvalue weighted by atomic mass is 10.3.